The zero-order valence-electron chi connectivity index (χ0n) is 15.7. The van der Waals surface area contributed by atoms with Gasteiger partial charge in [0.1, 0.15) is 10.8 Å². The molecule has 0 aliphatic carbocycles. The number of amides is 1. The molecule has 3 rings (SSSR count). The van der Waals surface area contributed by atoms with Crippen molar-refractivity contribution >= 4 is 46.0 Å². The van der Waals surface area contributed by atoms with Crippen LogP contribution in [0.4, 0.5) is 4.79 Å². The van der Waals surface area contributed by atoms with E-state index in [2.05, 4.69) is 9.97 Å². The average Bonchev–Trinajstić information content (AvgIpc) is 3.01. The van der Waals surface area contributed by atoms with E-state index in [1.165, 1.54) is 11.8 Å². The molecule has 0 bridgehead atoms. The van der Waals surface area contributed by atoms with Crippen LogP contribution >= 0.6 is 23.4 Å². The average molecular weight is 410 g/mol. The Morgan fingerprint density at radius 3 is 2.74 bits per heavy atom. The minimum Gasteiger partial charge on any atom is -0.444 e. The summed E-state index contributed by atoms with van der Waals surface area (Å²) in [6, 6.07) is 3.84. The minimum atomic E-state index is -0.497. The number of aromatic nitrogens is 2. The summed E-state index contributed by atoms with van der Waals surface area (Å²) < 4.78 is 5.46. The number of likely N-dealkylation sites (tertiary alicyclic amines) is 1. The van der Waals surface area contributed by atoms with E-state index in [9.17, 15) is 9.59 Å². The van der Waals surface area contributed by atoms with Crippen molar-refractivity contribution in [2.24, 2.45) is 5.92 Å². The van der Waals surface area contributed by atoms with Crippen LogP contribution < -0.4 is 0 Å². The van der Waals surface area contributed by atoms with Gasteiger partial charge < -0.3 is 14.6 Å². The smallest absolute Gasteiger partial charge is 0.410 e. The number of thioether (sulfide) groups is 1. The first kappa shape index (κ1) is 20.0. The first-order chi connectivity index (χ1) is 12.8. The second-order valence-electron chi connectivity index (χ2n) is 7.78. The highest BCUT2D eigenvalue weighted by atomic mass is 35.5. The van der Waals surface area contributed by atoms with E-state index in [1.54, 1.807) is 11.1 Å². The van der Waals surface area contributed by atoms with Gasteiger partial charge in [0, 0.05) is 24.2 Å². The predicted octanol–water partition coefficient (Wildman–Crippen LogP) is 4.83. The number of rotatable bonds is 4. The van der Waals surface area contributed by atoms with Crippen LogP contribution in [0.2, 0.25) is 5.15 Å². The molecule has 0 radical (unpaired) electrons. The second-order valence-corrected chi connectivity index (χ2v) is 9.14. The maximum atomic E-state index is 12.3. The van der Waals surface area contributed by atoms with E-state index < -0.39 is 5.60 Å². The Morgan fingerprint density at radius 2 is 2.11 bits per heavy atom. The number of nitrogens with one attached hydrogen (secondary N) is 1. The summed E-state index contributed by atoms with van der Waals surface area (Å²) in [4.78, 5) is 32.7. The number of carbonyl (C=O) groups excluding carboxylic acids is 2. The van der Waals surface area contributed by atoms with Crippen LogP contribution in [-0.4, -0.2) is 45.3 Å². The first-order valence-electron chi connectivity index (χ1n) is 8.98. The minimum absolute atomic E-state index is 0.00876. The number of halogens is 1. The van der Waals surface area contributed by atoms with Crippen LogP contribution in [-0.2, 0) is 9.53 Å². The van der Waals surface area contributed by atoms with Crippen LogP contribution in [0, 0.1) is 5.92 Å². The Kier molecular flexibility index (Phi) is 6.01. The number of nitrogens with zero attached hydrogens (tertiary/aromatic N) is 2. The van der Waals surface area contributed by atoms with Crippen molar-refractivity contribution in [3.63, 3.8) is 0 Å². The van der Waals surface area contributed by atoms with E-state index in [4.69, 9.17) is 16.3 Å². The van der Waals surface area contributed by atoms with E-state index in [-0.39, 0.29) is 17.3 Å². The molecule has 3 heterocycles. The number of hydrogen-bond donors (Lipinski definition) is 1. The van der Waals surface area contributed by atoms with Gasteiger partial charge in [0.25, 0.3) is 0 Å². The lowest BCUT2D eigenvalue weighted by atomic mass is 9.91. The van der Waals surface area contributed by atoms with Gasteiger partial charge >= 0.3 is 6.09 Å². The van der Waals surface area contributed by atoms with Crippen molar-refractivity contribution in [3.05, 3.63) is 29.2 Å². The molecule has 8 heteroatoms. The third kappa shape index (κ3) is 4.96. The van der Waals surface area contributed by atoms with Gasteiger partial charge in [-0.25, -0.2) is 9.78 Å². The summed E-state index contributed by atoms with van der Waals surface area (Å²) in [6.07, 6.45) is 3.07. The molecule has 0 saturated carbocycles. The zero-order valence-corrected chi connectivity index (χ0v) is 17.3. The molecule has 2 aromatic rings. The standard InChI is InChI=1S/C19H24ClN3O3S/c1-19(2,3)26-18(25)23-6-4-12(5-7-23)17(27-11-24)14-8-13-9-16(20)21-10-15(13)22-14/h8-12,17,22H,4-7H2,1-3H3. The third-order valence-electron chi connectivity index (χ3n) is 4.62. The van der Waals surface area contributed by atoms with Crippen molar-refractivity contribution in [3.8, 4) is 0 Å². The van der Waals surface area contributed by atoms with Crippen molar-refractivity contribution in [1.29, 1.82) is 0 Å². The maximum Gasteiger partial charge on any atom is 0.410 e. The summed E-state index contributed by atoms with van der Waals surface area (Å²) >= 11 is 7.25. The summed E-state index contributed by atoms with van der Waals surface area (Å²) in [5.41, 5.74) is 2.28. The number of carbonyl (C=O) groups is 2. The van der Waals surface area contributed by atoms with Gasteiger partial charge in [0.2, 0.25) is 0 Å². The molecule has 1 saturated heterocycles. The SMILES string of the molecule is CC(C)(C)OC(=O)N1CCC(C(SC=O)c2cc3cc(Cl)ncc3[nH]2)CC1. The highest BCUT2D eigenvalue weighted by molar-refractivity contribution is 8.12. The summed E-state index contributed by atoms with van der Waals surface area (Å²) in [6.45, 7) is 6.86. The van der Waals surface area contributed by atoms with Gasteiger partial charge in [0.05, 0.1) is 17.0 Å². The van der Waals surface area contributed by atoms with Gasteiger partial charge in [-0.2, -0.15) is 0 Å². The fourth-order valence-electron chi connectivity index (χ4n) is 3.39. The monoisotopic (exact) mass is 409 g/mol. The molecule has 1 aliphatic rings. The van der Waals surface area contributed by atoms with Gasteiger partial charge in [-0.15, -0.1) is 0 Å². The van der Waals surface area contributed by atoms with Crippen LogP contribution in [0.5, 0.6) is 0 Å². The molecule has 27 heavy (non-hydrogen) atoms. The normalized spacial score (nSPS) is 17.1. The molecule has 1 amide bonds. The predicted molar refractivity (Wildman–Crippen MR) is 109 cm³/mol. The lowest BCUT2D eigenvalue weighted by molar-refractivity contribution is 0.0183. The topological polar surface area (TPSA) is 75.3 Å². The second kappa shape index (κ2) is 8.10. The number of hydrogen-bond acceptors (Lipinski definition) is 5. The molecular weight excluding hydrogens is 386 g/mol. The summed E-state index contributed by atoms with van der Waals surface area (Å²) in [7, 11) is 0. The molecule has 2 aromatic heterocycles. The molecule has 6 nitrogen and oxygen atoms in total. The Hall–Kier alpha value is -1.73. The Morgan fingerprint density at radius 1 is 1.41 bits per heavy atom. The molecule has 1 unspecified atom stereocenters. The molecular formula is C19H24ClN3O3S. The molecule has 1 N–H and O–H groups in total. The highest BCUT2D eigenvalue weighted by Gasteiger charge is 2.32. The lowest BCUT2D eigenvalue weighted by Crippen LogP contribution is -2.42. The molecule has 1 atom stereocenters. The number of ether oxygens (including phenoxy) is 1. The van der Waals surface area contributed by atoms with Gasteiger partial charge in [0.15, 0.2) is 5.62 Å². The number of fused-ring (bicyclic) bond motifs is 1. The fraction of sp³-hybridized carbons (Fsp3) is 0.526. The number of aromatic amines is 1. The highest BCUT2D eigenvalue weighted by Crippen LogP contribution is 2.41. The Balaban J connectivity index is 1.71. The summed E-state index contributed by atoms with van der Waals surface area (Å²) in [5, 5.41) is 1.43. The number of pyridine rings is 1. The van der Waals surface area contributed by atoms with Crippen LogP contribution in [0.15, 0.2) is 18.3 Å². The van der Waals surface area contributed by atoms with Crippen LogP contribution in [0.25, 0.3) is 10.9 Å². The van der Waals surface area contributed by atoms with Gasteiger partial charge in [-0.05, 0) is 51.7 Å². The van der Waals surface area contributed by atoms with E-state index in [0.717, 1.165) is 35.1 Å². The number of piperidine rings is 1. The first-order valence-corrected chi connectivity index (χ1v) is 10.3. The molecule has 146 valence electrons. The van der Waals surface area contributed by atoms with Crippen molar-refractivity contribution < 1.29 is 14.3 Å². The van der Waals surface area contributed by atoms with E-state index >= 15 is 0 Å². The Bertz CT molecular complexity index is 825. The van der Waals surface area contributed by atoms with Gasteiger partial charge in [-0.3, -0.25) is 4.79 Å². The van der Waals surface area contributed by atoms with Crippen LogP contribution in [0.3, 0.4) is 0 Å². The van der Waals surface area contributed by atoms with Crippen LogP contribution in [0.1, 0.15) is 44.6 Å². The van der Waals surface area contributed by atoms with Crippen molar-refractivity contribution in [2.75, 3.05) is 13.1 Å². The summed E-state index contributed by atoms with van der Waals surface area (Å²) in [5.74, 6) is 0.287. The number of H-pyrrole nitrogens is 1. The maximum absolute atomic E-state index is 12.3. The van der Waals surface area contributed by atoms with Gasteiger partial charge in [-0.1, -0.05) is 23.4 Å². The zero-order chi connectivity index (χ0) is 19.6. The molecule has 1 aliphatic heterocycles. The van der Waals surface area contributed by atoms with E-state index in [1.807, 2.05) is 32.9 Å². The quantitative estimate of drug-likeness (QED) is 0.578. The van der Waals surface area contributed by atoms with Crippen molar-refractivity contribution in [2.45, 2.75) is 44.5 Å². The third-order valence-corrected chi connectivity index (χ3v) is 5.87. The largest absolute Gasteiger partial charge is 0.444 e. The molecule has 0 spiro atoms. The van der Waals surface area contributed by atoms with E-state index in [0.29, 0.717) is 18.2 Å². The molecule has 1 fully saturated rings. The fourth-order valence-corrected chi connectivity index (χ4v) is 4.44. The Labute approximate surface area is 168 Å². The molecule has 0 aromatic carbocycles. The van der Waals surface area contributed by atoms with Crippen molar-refractivity contribution in [1.82, 2.24) is 14.9 Å². The lowest BCUT2D eigenvalue weighted by Gasteiger charge is -2.35.